The summed E-state index contributed by atoms with van der Waals surface area (Å²) in [5, 5.41) is 0. The Morgan fingerprint density at radius 1 is 1.27 bits per heavy atom. The molecule has 0 N–H and O–H groups in total. The van der Waals surface area contributed by atoms with Gasteiger partial charge in [-0.25, -0.2) is 0 Å². The first-order chi connectivity index (χ1) is 7.08. The molecule has 0 atom stereocenters. The lowest BCUT2D eigenvalue weighted by Crippen LogP contribution is -2.36. The van der Waals surface area contributed by atoms with Crippen LogP contribution < -0.4 is 0 Å². The van der Waals surface area contributed by atoms with Crippen molar-refractivity contribution in [2.24, 2.45) is 0 Å². The number of carbonyl (C=O) groups is 1. The van der Waals surface area contributed by atoms with Gasteiger partial charge in [0.2, 0.25) is 0 Å². The Labute approximate surface area is 93.2 Å². The van der Waals surface area contributed by atoms with Crippen LogP contribution in [0.25, 0.3) is 0 Å². The molecule has 0 bridgehead atoms. The molecule has 0 aromatic rings. The minimum Gasteiger partial charge on any atom is -0.466 e. The molecular formula is C10H22O4Si. The smallest absolute Gasteiger partial charge is 0.334 e. The van der Waals surface area contributed by atoms with E-state index in [9.17, 15) is 4.79 Å². The van der Waals surface area contributed by atoms with Crippen LogP contribution >= 0.6 is 0 Å². The van der Waals surface area contributed by atoms with Crippen LogP contribution in [0.3, 0.4) is 0 Å². The van der Waals surface area contributed by atoms with Crippen LogP contribution in [0.15, 0.2) is 0 Å². The van der Waals surface area contributed by atoms with Crippen LogP contribution in [0.2, 0.25) is 12.6 Å². The highest BCUT2D eigenvalue weighted by molar-refractivity contribution is 6.65. The fraction of sp³-hybridized carbons (Fsp3) is 0.900. The van der Waals surface area contributed by atoms with Gasteiger partial charge in [0.1, 0.15) is 0 Å². The molecule has 0 rings (SSSR count). The van der Waals surface area contributed by atoms with Crippen molar-refractivity contribution >= 4 is 14.5 Å². The van der Waals surface area contributed by atoms with Crippen molar-refractivity contribution in [3.05, 3.63) is 0 Å². The van der Waals surface area contributed by atoms with Gasteiger partial charge in [-0.15, -0.1) is 0 Å². The van der Waals surface area contributed by atoms with Crippen LogP contribution in [0.5, 0.6) is 0 Å². The van der Waals surface area contributed by atoms with E-state index in [1.807, 2.05) is 13.5 Å². The Balaban J connectivity index is 3.57. The fourth-order valence-corrected chi connectivity index (χ4v) is 2.50. The zero-order valence-corrected chi connectivity index (χ0v) is 11.2. The maximum absolute atomic E-state index is 11.0. The average molecular weight is 234 g/mol. The summed E-state index contributed by atoms with van der Waals surface area (Å²) in [6.45, 7) is 4.43. The molecule has 0 amide bonds. The summed E-state index contributed by atoms with van der Waals surface area (Å²) in [6, 6.07) is 0.847. The van der Waals surface area contributed by atoms with Gasteiger partial charge in [-0.1, -0.05) is 6.92 Å². The lowest BCUT2D eigenvalue weighted by molar-refractivity contribution is -0.143. The molecule has 4 nitrogen and oxygen atoms in total. The lowest BCUT2D eigenvalue weighted by atomic mass is 10.3. The van der Waals surface area contributed by atoms with Gasteiger partial charge in [-0.2, -0.15) is 0 Å². The Morgan fingerprint density at radius 3 is 2.33 bits per heavy atom. The number of rotatable bonds is 8. The van der Waals surface area contributed by atoms with E-state index in [1.165, 1.54) is 0 Å². The lowest BCUT2D eigenvalue weighted by Gasteiger charge is -2.22. The molecule has 90 valence electrons. The van der Waals surface area contributed by atoms with E-state index < -0.39 is 8.56 Å². The van der Waals surface area contributed by atoms with Gasteiger partial charge < -0.3 is 13.6 Å². The van der Waals surface area contributed by atoms with E-state index in [1.54, 1.807) is 14.2 Å². The number of carbonyl (C=O) groups excluding carboxylic acids is 1. The van der Waals surface area contributed by atoms with E-state index in [4.69, 9.17) is 13.6 Å². The van der Waals surface area contributed by atoms with Gasteiger partial charge in [-0.05, 0) is 25.4 Å². The van der Waals surface area contributed by atoms with Gasteiger partial charge in [-0.3, -0.25) is 4.79 Å². The molecule has 0 aliphatic rings. The molecule has 0 heterocycles. The van der Waals surface area contributed by atoms with Crippen LogP contribution in [0.1, 0.15) is 26.2 Å². The predicted molar refractivity (Wildman–Crippen MR) is 60.9 cm³/mol. The monoisotopic (exact) mass is 234 g/mol. The number of hydrogen-bond acceptors (Lipinski definition) is 4. The quantitative estimate of drug-likeness (QED) is 0.366. The van der Waals surface area contributed by atoms with Crippen molar-refractivity contribution in [1.29, 1.82) is 0 Å². The SMILES string of the molecule is CCCC(=O)OCCC[Si](C)(OC)OC. The zero-order chi connectivity index (χ0) is 11.7. The molecule has 0 fully saturated rings. The van der Waals surface area contributed by atoms with E-state index >= 15 is 0 Å². The topological polar surface area (TPSA) is 44.8 Å². The molecule has 0 unspecified atom stereocenters. The highest BCUT2D eigenvalue weighted by Gasteiger charge is 2.27. The number of ether oxygens (including phenoxy) is 1. The largest absolute Gasteiger partial charge is 0.466 e. The maximum atomic E-state index is 11.0. The first kappa shape index (κ1) is 14.6. The third-order valence-electron chi connectivity index (χ3n) is 2.36. The van der Waals surface area contributed by atoms with Gasteiger partial charge in [0.05, 0.1) is 6.61 Å². The zero-order valence-electron chi connectivity index (χ0n) is 10.2. The Morgan fingerprint density at radius 2 is 1.87 bits per heavy atom. The van der Waals surface area contributed by atoms with Crippen molar-refractivity contribution in [3.8, 4) is 0 Å². The summed E-state index contributed by atoms with van der Waals surface area (Å²) in [5.74, 6) is -0.115. The average Bonchev–Trinajstić information content (AvgIpc) is 2.24. The first-order valence-corrected chi connectivity index (χ1v) is 7.86. The predicted octanol–water partition coefficient (Wildman–Crippen LogP) is 2.08. The second kappa shape index (κ2) is 7.84. The van der Waals surface area contributed by atoms with E-state index in [0.29, 0.717) is 13.0 Å². The van der Waals surface area contributed by atoms with Crippen molar-refractivity contribution < 1.29 is 18.4 Å². The molecule has 0 radical (unpaired) electrons. The van der Waals surface area contributed by atoms with Gasteiger partial charge in [0.15, 0.2) is 0 Å². The van der Waals surface area contributed by atoms with E-state index in [-0.39, 0.29) is 5.97 Å². The van der Waals surface area contributed by atoms with E-state index in [2.05, 4.69) is 0 Å². The van der Waals surface area contributed by atoms with Gasteiger partial charge in [0, 0.05) is 20.6 Å². The third-order valence-corrected chi connectivity index (χ3v) is 5.34. The van der Waals surface area contributed by atoms with E-state index in [0.717, 1.165) is 18.9 Å². The standard InChI is InChI=1S/C10H22O4Si/c1-5-7-10(11)14-8-6-9-15(4,12-2)13-3/h5-9H2,1-4H3. The van der Waals surface area contributed by atoms with Crippen molar-refractivity contribution in [1.82, 2.24) is 0 Å². The van der Waals surface area contributed by atoms with Gasteiger partial charge in [0.25, 0.3) is 0 Å². The summed E-state index contributed by atoms with van der Waals surface area (Å²) in [5.41, 5.74) is 0. The molecule has 15 heavy (non-hydrogen) atoms. The molecule has 0 aliphatic heterocycles. The maximum Gasteiger partial charge on any atom is 0.334 e. The summed E-state index contributed by atoms with van der Waals surface area (Å²) < 4.78 is 15.7. The summed E-state index contributed by atoms with van der Waals surface area (Å²) in [4.78, 5) is 11.0. The highest BCUT2D eigenvalue weighted by Crippen LogP contribution is 2.13. The van der Waals surface area contributed by atoms with Crippen LogP contribution in [0.4, 0.5) is 0 Å². The second-order valence-corrected chi connectivity index (χ2v) is 7.20. The van der Waals surface area contributed by atoms with Crippen molar-refractivity contribution in [2.75, 3.05) is 20.8 Å². The summed E-state index contributed by atoms with van der Waals surface area (Å²) in [6.07, 6.45) is 2.14. The Hall–Kier alpha value is -0.393. The van der Waals surface area contributed by atoms with Crippen LogP contribution in [-0.2, 0) is 18.4 Å². The first-order valence-electron chi connectivity index (χ1n) is 5.34. The fourth-order valence-electron chi connectivity index (χ4n) is 1.14. The molecular weight excluding hydrogens is 212 g/mol. The molecule has 5 heteroatoms. The second-order valence-electron chi connectivity index (χ2n) is 3.62. The van der Waals surface area contributed by atoms with Crippen LogP contribution in [0, 0.1) is 0 Å². The molecule has 0 spiro atoms. The molecule has 0 aromatic heterocycles. The minimum absolute atomic E-state index is 0.115. The van der Waals surface area contributed by atoms with Gasteiger partial charge >= 0.3 is 14.5 Å². The molecule has 0 aliphatic carbocycles. The van der Waals surface area contributed by atoms with Crippen LogP contribution in [-0.4, -0.2) is 35.4 Å². The Kier molecular flexibility index (Phi) is 7.64. The summed E-state index contributed by atoms with van der Waals surface area (Å²) in [7, 11) is 1.35. The molecule has 0 saturated carbocycles. The van der Waals surface area contributed by atoms with Crippen molar-refractivity contribution in [3.63, 3.8) is 0 Å². The highest BCUT2D eigenvalue weighted by atomic mass is 28.4. The molecule has 0 aromatic carbocycles. The number of esters is 1. The van der Waals surface area contributed by atoms with Crippen molar-refractivity contribution in [2.45, 2.75) is 38.8 Å². The number of hydrogen-bond donors (Lipinski definition) is 0. The third kappa shape index (κ3) is 6.65. The Bertz CT molecular complexity index is 180. The normalized spacial score (nSPS) is 11.5. The minimum atomic E-state index is -1.98. The molecule has 0 saturated heterocycles. The summed E-state index contributed by atoms with van der Waals surface area (Å²) >= 11 is 0.